The Hall–Kier alpha value is -2.41. The van der Waals surface area contributed by atoms with Crippen LogP contribution in [0.5, 0.6) is 0 Å². The molecule has 3 amide bonds. The quantitative estimate of drug-likeness (QED) is 0.493. The average molecular weight is 299 g/mol. The van der Waals surface area contributed by atoms with Gasteiger partial charge in [-0.2, -0.15) is 4.90 Å². The lowest BCUT2D eigenvalue weighted by molar-refractivity contribution is -0.118. The number of anilines is 2. The van der Waals surface area contributed by atoms with E-state index in [1.54, 1.807) is 6.07 Å². The molecular weight excluding hydrogens is 288 g/mol. The van der Waals surface area contributed by atoms with E-state index in [0.29, 0.717) is 11.2 Å². The number of halogens is 1. The van der Waals surface area contributed by atoms with Gasteiger partial charge in [0, 0.05) is 12.8 Å². The number of carbonyl (C=O) groups excluding carboxylic acids is 3. The second kappa shape index (κ2) is 7.25. The molecule has 1 aromatic rings. The number of rotatable bonds is 5. The SMILES string of the molecule is O=CCCC(=O)Nc1ccccc1N(C(=O)O)C(=O)Cl. The molecule has 0 aliphatic carbocycles. The summed E-state index contributed by atoms with van der Waals surface area (Å²) in [6.45, 7) is 0. The third-order valence-corrected chi connectivity index (χ3v) is 2.44. The van der Waals surface area contributed by atoms with Gasteiger partial charge in [-0.15, -0.1) is 0 Å². The second-order valence-electron chi connectivity index (χ2n) is 3.64. The van der Waals surface area contributed by atoms with Gasteiger partial charge in [0.1, 0.15) is 6.29 Å². The van der Waals surface area contributed by atoms with Crippen molar-refractivity contribution in [3.63, 3.8) is 0 Å². The van der Waals surface area contributed by atoms with E-state index < -0.39 is 17.4 Å². The Morgan fingerprint density at radius 3 is 2.50 bits per heavy atom. The Morgan fingerprint density at radius 1 is 1.30 bits per heavy atom. The van der Waals surface area contributed by atoms with Crippen molar-refractivity contribution in [2.24, 2.45) is 0 Å². The molecule has 1 rings (SSSR count). The van der Waals surface area contributed by atoms with Crippen LogP contribution in [0, 0.1) is 0 Å². The molecule has 0 fully saturated rings. The zero-order chi connectivity index (χ0) is 15.1. The van der Waals surface area contributed by atoms with Crippen LogP contribution < -0.4 is 10.2 Å². The van der Waals surface area contributed by atoms with Crippen molar-refractivity contribution in [3.05, 3.63) is 24.3 Å². The largest absolute Gasteiger partial charge is 0.464 e. The summed E-state index contributed by atoms with van der Waals surface area (Å²) >= 11 is 5.21. The number of nitrogens with one attached hydrogen (secondary N) is 1. The zero-order valence-electron chi connectivity index (χ0n) is 10.2. The molecule has 1 aromatic carbocycles. The molecule has 0 bridgehead atoms. The van der Waals surface area contributed by atoms with Crippen molar-refractivity contribution in [3.8, 4) is 0 Å². The first kappa shape index (κ1) is 15.6. The van der Waals surface area contributed by atoms with Gasteiger partial charge in [-0.25, -0.2) is 4.79 Å². The molecule has 0 unspecified atom stereocenters. The van der Waals surface area contributed by atoms with Gasteiger partial charge in [0.2, 0.25) is 5.91 Å². The predicted octanol–water partition coefficient (Wildman–Crippen LogP) is 2.45. The van der Waals surface area contributed by atoms with Crippen LogP contribution in [0.3, 0.4) is 0 Å². The Bertz CT molecular complexity index is 532. The van der Waals surface area contributed by atoms with Crippen molar-refractivity contribution in [1.29, 1.82) is 0 Å². The summed E-state index contributed by atoms with van der Waals surface area (Å²) in [6, 6.07) is 5.79. The molecule has 0 atom stereocenters. The number of amides is 3. The van der Waals surface area contributed by atoms with Gasteiger partial charge in [-0.1, -0.05) is 12.1 Å². The van der Waals surface area contributed by atoms with Crippen LogP contribution in [0.15, 0.2) is 24.3 Å². The van der Waals surface area contributed by atoms with Crippen LogP contribution in [-0.2, 0) is 9.59 Å². The summed E-state index contributed by atoms with van der Waals surface area (Å²) in [5, 5.41) is 10.2. The van der Waals surface area contributed by atoms with E-state index in [1.165, 1.54) is 18.2 Å². The van der Waals surface area contributed by atoms with Gasteiger partial charge in [0.15, 0.2) is 0 Å². The van der Waals surface area contributed by atoms with Crippen molar-refractivity contribution in [2.45, 2.75) is 12.8 Å². The minimum absolute atomic E-state index is 0.0419. The number of benzene rings is 1. The third-order valence-electron chi connectivity index (χ3n) is 2.28. The topological polar surface area (TPSA) is 104 Å². The molecule has 2 N–H and O–H groups in total. The average Bonchev–Trinajstić information content (AvgIpc) is 2.37. The first-order valence-electron chi connectivity index (χ1n) is 5.52. The number of carbonyl (C=O) groups is 4. The van der Waals surface area contributed by atoms with E-state index in [0.717, 1.165) is 0 Å². The summed E-state index contributed by atoms with van der Waals surface area (Å²) in [6.07, 6.45) is -0.970. The molecule has 20 heavy (non-hydrogen) atoms. The molecule has 0 aliphatic rings. The third kappa shape index (κ3) is 4.06. The number of nitrogens with zero attached hydrogens (tertiary/aromatic N) is 1. The number of carboxylic acid groups (broad SMARTS) is 1. The first-order chi connectivity index (χ1) is 9.47. The number of para-hydroxylation sites is 2. The van der Waals surface area contributed by atoms with Gasteiger partial charge >= 0.3 is 11.5 Å². The molecule has 0 saturated carbocycles. The van der Waals surface area contributed by atoms with Gasteiger partial charge < -0.3 is 15.2 Å². The number of imide groups is 1. The monoisotopic (exact) mass is 298 g/mol. The summed E-state index contributed by atoms with van der Waals surface area (Å²) in [7, 11) is 0. The number of hydrogen-bond acceptors (Lipinski definition) is 4. The second-order valence-corrected chi connectivity index (χ2v) is 3.96. The van der Waals surface area contributed by atoms with Crippen LogP contribution in [0.2, 0.25) is 0 Å². The Morgan fingerprint density at radius 2 is 1.95 bits per heavy atom. The summed E-state index contributed by atoms with van der Waals surface area (Å²) in [4.78, 5) is 44.2. The van der Waals surface area contributed by atoms with Crippen molar-refractivity contribution >= 4 is 46.6 Å². The van der Waals surface area contributed by atoms with E-state index in [2.05, 4.69) is 5.32 Å². The maximum Gasteiger partial charge on any atom is 0.419 e. The molecule has 0 spiro atoms. The molecule has 7 nitrogen and oxygen atoms in total. The van der Waals surface area contributed by atoms with Gasteiger partial charge in [-0.05, 0) is 23.7 Å². The molecule has 8 heteroatoms. The fourth-order valence-corrected chi connectivity index (χ4v) is 1.61. The van der Waals surface area contributed by atoms with Crippen LogP contribution in [0.1, 0.15) is 12.8 Å². The summed E-state index contributed by atoms with van der Waals surface area (Å²) in [5.41, 5.74) is 0.0410. The molecule has 106 valence electrons. The molecule has 0 radical (unpaired) electrons. The maximum absolute atomic E-state index is 11.5. The van der Waals surface area contributed by atoms with Crippen molar-refractivity contribution < 1.29 is 24.3 Å². The zero-order valence-corrected chi connectivity index (χ0v) is 11.0. The maximum atomic E-state index is 11.5. The molecule has 0 heterocycles. The van der Waals surface area contributed by atoms with E-state index in [9.17, 15) is 19.2 Å². The minimum atomic E-state index is -1.57. The van der Waals surface area contributed by atoms with E-state index >= 15 is 0 Å². The van der Waals surface area contributed by atoms with Gasteiger partial charge in [0.25, 0.3) is 0 Å². The molecule has 0 aromatic heterocycles. The van der Waals surface area contributed by atoms with Crippen molar-refractivity contribution in [1.82, 2.24) is 0 Å². The fourth-order valence-electron chi connectivity index (χ4n) is 1.45. The highest BCUT2D eigenvalue weighted by atomic mass is 35.5. The molecular formula is C12H11ClN2O5. The van der Waals surface area contributed by atoms with Crippen LogP contribution in [-0.4, -0.2) is 28.8 Å². The standard InChI is InChI=1S/C12H11ClN2O5/c13-11(18)15(12(19)20)9-5-2-1-4-8(9)14-10(17)6-3-7-16/h1-2,4-5,7H,3,6H2,(H,14,17)(H,19,20). The number of hydrogen-bond donors (Lipinski definition) is 2. The minimum Gasteiger partial charge on any atom is -0.464 e. The lowest BCUT2D eigenvalue weighted by Gasteiger charge is -2.18. The Kier molecular flexibility index (Phi) is 5.67. The number of aldehydes is 1. The molecule has 0 saturated heterocycles. The predicted molar refractivity (Wildman–Crippen MR) is 72.1 cm³/mol. The van der Waals surface area contributed by atoms with Gasteiger partial charge in [-0.3, -0.25) is 9.59 Å². The van der Waals surface area contributed by atoms with Crippen LogP contribution in [0.25, 0.3) is 0 Å². The summed E-state index contributed by atoms with van der Waals surface area (Å²) in [5.74, 6) is -0.475. The smallest absolute Gasteiger partial charge is 0.419 e. The Balaban J connectivity index is 3.03. The first-order valence-corrected chi connectivity index (χ1v) is 5.90. The highest BCUT2D eigenvalue weighted by Gasteiger charge is 2.24. The highest BCUT2D eigenvalue weighted by Crippen LogP contribution is 2.27. The summed E-state index contributed by atoms with van der Waals surface area (Å²) < 4.78 is 0. The lowest BCUT2D eigenvalue weighted by Crippen LogP contribution is -2.32. The lowest BCUT2D eigenvalue weighted by atomic mass is 10.2. The van der Waals surface area contributed by atoms with E-state index in [1.807, 2.05) is 0 Å². The normalized spacial score (nSPS) is 9.65. The van der Waals surface area contributed by atoms with E-state index in [4.69, 9.17) is 16.7 Å². The Labute approximate surface area is 119 Å². The van der Waals surface area contributed by atoms with E-state index in [-0.39, 0.29) is 24.2 Å². The van der Waals surface area contributed by atoms with Crippen LogP contribution >= 0.6 is 11.6 Å². The fraction of sp³-hybridized carbons (Fsp3) is 0.167. The van der Waals surface area contributed by atoms with Gasteiger partial charge in [0.05, 0.1) is 11.4 Å². The molecule has 0 aliphatic heterocycles. The van der Waals surface area contributed by atoms with Crippen LogP contribution in [0.4, 0.5) is 21.0 Å². The highest BCUT2D eigenvalue weighted by molar-refractivity contribution is 6.68. The van der Waals surface area contributed by atoms with Crippen molar-refractivity contribution in [2.75, 3.05) is 10.2 Å².